The molecule has 0 aliphatic rings. The molecule has 18 heavy (non-hydrogen) atoms. The van der Waals surface area contributed by atoms with Crippen LogP contribution >= 0.6 is 11.3 Å². The summed E-state index contributed by atoms with van der Waals surface area (Å²) in [6, 6.07) is 3.07. The summed E-state index contributed by atoms with van der Waals surface area (Å²) in [5.74, 6) is -0.798. The Balaban J connectivity index is 2.72. The third-order valence-corrected chi connectivity index (χ3v) is 3.41. The lowest BCUT2D eigenvalue weighted by atomic mass is 10.1. The number of primary amides is 1. The summed E-state index contributed by atoms with van der Waals surface area (Å²) >= 11 is 1.59. The summed E-state index contributed by atoms with van der Waals surface area (Å²) in [4.78, 5) is 25.7. The predicted octanol–water partition coefficient (Wildman–Crippen LogP) is 0.688. The maximum Gasteiger partial charge on any atom is 0.240 e. The van der Waals surface area contributed by atoms with Gasteiger partial charge in [0.15, 0.2) is 0 Å². The molecule has 2 amide bonds. The van der Waals surface area contributed by atoms with E-state index in [0.717, 1.165) is 4.88 Å². The number of nitrogens with zero attached hydrogens (tertiary/aromatic N) is 1. The van der Waals surface area contributed by atoms with Crippen molar-refractivity contribution in [2.75, 3.05) is 0 Å². The first kappa shape index (κ1) is 14.7. The number of thiophene rings is 1. The van der Waals surface area contributed by atoms with Gasteiger partial charge in [0.05, 0.1) is 19.0 Å². The third kappa shape index (κ3) is 4.12. The second-order valence-corrected chi connectivity index (χ2v) is 5.45. The molecule has 0 saturated carbocycles. The minimum Gasteiger partial charge on any atom is -0.370 e. The Labute approximate surface area is 111 Å². The van der Waals surface area contributed by atoms with Crippen molar-refractivity contribution in [1.82, 2.24) is 4.90 Å². The van der Waals surface area contributed by atoms with Gasteiger partial charge in [-0.05, 0) is 25.3 Å². The summed E-state index contributed by atoms with van der Waals surface area (Å²) in [6.07, 6.45) is -0.119. The molecular weight excluding hydrogens is 250 g/mol. The number of amides is 2. The van der Waals surface area contributed by atoms with Crippen LogP contribution in [-0.2, 0) is 16.1 Å². The standard InChI is InChI=1S/C12H19N3O2S/c1-8(2)15(7-9-4-3-5-18-9)12(17)10(13)6-11(14)16/h3-5,8,10H,6-7,13H2,1-2H3,(H2,14,16). The first-order valence-electron chi connectivity index (χ1n) is 5.78. The Kier molecular flexibility index (Phi) is 5.30. The Hall–Kier alpha value is -1.40. The number of carbonyl (C=O) groups excluding carboxylic acids is 2. The SMILES string of the molecule is CC(C)N(Cc1cccs1)C(=O)C(N)CC(N)=O. The summed E-state index contributed by atoms with van der Waals surface area (Å²) in [7, 11) is 0. The average molecular weight is 269 g/mol. The van der Waals surface area contributed by atoms with Gasteiger partial charge in [0.25, 0.3) is 0 Å². The van der Waals surface area contributed by atoms with E-state index in [2.05, 4.69) is 0 Å². The fraction of sp³-hybridized carbons (Fsp3) is 0.500. The van der Waals surface area contributed by atoms with Gasteiger partial charge >= 0.3 is 0 Å². The molecule has 0 radical (unpaired) electrons. The van der Waals surface area contributed by atoms with Crippen LogP contribution in [-0.4, -0.2) is 28.8 Å². The lowest BCUT2D eigenvalue weighted by Gasteiger charge is -2.28. The van der Waals surface area contributed by atoms with E-state index in [-0.39, 0.29) is 18.4 Å². The summed E-state index contributed by atoms with van der Waals surface area (Å²) in [6.45, 7) is 4.35. The van der Waals surface area contributed by atoms with Crippen molar-refractivity contribution in [3.8, 4) is 0 Å². The van der Waals surface area contributed by atoms with Crippen LogP contribution in [0.15, 0.2) is 17.5 Å². The molecule has 100 valence electrons. The van der Waals surface area contributed by atoms with Gasteiger partial charge < -0.3 is 16.4 Å². The Bertz CT molecular complexity index is 403. The minimum absolute atomic E-state index is 0.0264. The number of hydrogen-bond donors (Lipinski definition) is 2. The van der Waals surface area contributed by atoms with Crippen molar-refractivity contribution in [1.29, 1.82) is 0 Å². The van der Waals surface area contributed by atoms with Gasteiger partial charge in [0, 0.05) is 10.9 Å². The van der Waals surface area contributed by atoms with E-state index in [0.29, 0.717) is 6.54 Å². The molecular formula is C12H19N3O2S. The second kappa shape index (κ2) is 6.51. The van der Waals surface area contributed by atoms with E-state index in [4.69, 9.17) is 11.5 Å². The van der Waals surface area contributed by atoms with Crippen molar-refractivity contribution in [3.63, 3.8) is 0 Å². The molecule has 0 bridgehead atoms. The van der Waals surface area contributed by atoms with Gasteiger partial charge in [-0.3, -0.25) is 9.59 Å². The molecule has 0 spiro atoms. The number of carbonyl (C=O) groups is 2. The fourth-order valence-corrected chi connectivity index (χ4v) is 2.31. The summed E-state index contributed by atoms with van der Waals surface area (Å²) in [5, 5.41) is 1.96. The molecule has 1 aromatic rings. The number of rotatable bonds is 6. The molecule has 4 N–H and O–H groups in total. The molecule has 1 aromatic heterocycles. The molecule has 5 nitrogen and oxygen atoms in total. The smallest absolute Gasteiger partial charge is 0.240 e. The molecule has 0 aromatic carbocycles. The topological polar surface area (TPSA) is 89.4 Å². The van der Waals surface area contributed by atoms with E-state index in [1.54, 1.807) is 16.2 Å². The van der Waals surface area contributed by atoms with E-state index in [1.807, 2.05) is 31.4 Å². The lowest BCUT2D eigenvalue weighted by molar-refractivity contribution is -0.136. The molecule has 0 aliphatic carbocycles. The van der Waals surface area contributed by atoms with Gasteiger partial charge in [-0.25, -0.2) is 0 Å². The van der Waals surface area contributed by atoms with E-state index in [9.17, 15) is 9.59 Å². The van der Waals surface area contributed by atoms with E-state index in [1.165, 1.54) is 0 Å². The molecule has 6 heteroatoms. The highest BCUT2D eigenvalue weighted by molar-refractivity contribution is 7.09. The van der Waals surface area contributed by atoms with Gasteiger partial charge in [0.2, 0.25) is 11.8 Å². The number of hydrogen-bond acceptors (Lipinski definition) is 4. The molecule has 1 rings (SSSR count). The van der Waals surface area contributed by atoms with Crippen molar-refractivity contribution in [3.05, 3.63) is 22.4 Å². The highest BCUT2D eigenvalue weighted by atomic mass is 32.1. The van der Waals surface area contributed by atoms with Crippen LogP contribution in [0, 0.1) is 0 Å². The predicted molar refractivity (Wildman–Crippen MR) is 71.8 cm³/mol. The Morgan fingerprint density at radius 3 is 2.56 bits per heavy atom. The third-order valence-electron chi connectivity index (χ3n) is 2.55. The van der Waals surface area contributed by atoms with Gasteiger partial charge in [-0.15, -0.1) is 11.3 Å². The van der Waals surface area contributed by atoms with Crippen LogP contribution in [0.1, 0.15) is 25.1 Å². The maximum absolute atomic E-state index is 12.1. The summed E-state index contributed by atoms with van der Waals surface area (Å²) in [5.41, 5.74) is 10.8. The molecule has 0 saturated heterocycles. The van der Waals surface area contributed by atoms with Crippen molar-refractivity contribution < 1.29 is 9.59 Å². The van der Waals surface area contributed by atoms with E-state index < -0.39 is 11.9 Å². The maximum atomic E-state index is 12.1. The highest BCUT2D eigenvalue weighted by Crippen LogP contribution is 2.15. The lowest BCUT2D eigenvalue weighted by Crippen LogP contribution is -2.47. The quantitative estimate of drug-likeness (QED) is 0.796. The number of nitrogens with two attached hydrogens (primary N) is 2. The first-order chi connectivity index (χ1) is 8.41. The van der Waals surface area contributed by atoms with Gasteiger partial charge in [-0.2, -0.15) is 0 Å². The van der Waals surface area contributed by atoms with Crippen LogP contribution in [0.3, 0.4) is 0 Å². The van der Waals surface area contributed by atoms with Crippen LogP contribution in [0.5, 0.6) is 0 Å². The normalized spacial score (nSPS) is 12.4. The van der Waals surface area contributed by atoms with Gasteiger partial charge in [-0.1, -0.05) is 6.07 Å². The Morgan fingerprint density at radius 1 is 1.44 bits per heavy atom. The highest BCUT2D eigenvalue weighted by Gasteiger charge is 2.24. The molecule has 0 aliphatic heterocycles. The van der Waals surface area contributed by atoms with Crippen molar-refractivity contribution in [2.24, 2.45) is 11.5 Å². The summed E-state index contributed by atoms with van der Waals surface area (Å²) < 4.78 is 0. The molecule has 1 unspecified atom stereocenters. The molecule has 1 heterocycles. The van der Waals surface area contributed by atoms with Crippen LogP contribution in [0.4, 0.5) is 0 Å². The zero-order chi connectivity index (χ0) is 13.7. The molecule has 1 atom stereocenters. The zero-order valence-electron chi connectivity index (χ0n) is 10.6. The van der Waals surface area contributed by atoms with Crippen molar-refractivity contribution in [2.45, 2.75) is 38.9 Å². The molecule has 0 fully saturated rings. The minimum atomic E-state index is -0.857. The Morgan fingerprint density at radius 2 is 2.11 bits per heavy atom. The van der Waals surface area contributed by atoms with Crippen LogP contribution in [0.25, 0.3) is 0 Å². The average Bonchev–Trinajstić information content (AvgIpc) is 2.76. The fourth-order valence-electron chi connectivity index (χ4n) is 1.60. The van der Waals surface area contributed by atoms with Crippen LogP contribution < -0.4 is 11.5 Å². The van der Waals surface area contributed by atoms with Crippen LogP contribution in [0.2, 0.25) is 0 Å². The monoisotopic (exact) mass is 269 g/mol. The van der Waals surface area contributed by atoms with Crippen molar-refractivity contribution >= 4 is 23.2 Å². The van der Waals surface area contributed by atoms with E-state index >= 15 is 0 Å². The first-order valence-corrected chi connectivity index (χ1v) is 6.66. The largest absolute Gasteiger partial charge is 0.370 e. The van der Waals surface area contributed by atoms with Gasteiger partial charge in [0.1, 0.15) is 0 Å². The second-order valence-electron chi connectivity index (χ2n) is 4.42. The zero-order valence-corrected chi connectivity index (χ0v) is 11.4.